The fourth-order valence-corrected chi connectivity index (χ4v) is 6.58. The molecule has 142 valence electrons. The van der Waals surface area contributed by atoms with E-state index in [1.807, 2.05) is 12.1 Å². The molecule has 0 spiro atoms. The number of carbonyl (C=O) groups excluding carboxylic acids is 1. The van der Waals surface area contributed by atoms with Gasteiger partial charge >= 0.3 is 0 Å². The largest absolute Gasteiger partial charge is 0.390 e. The van der Waals surface area contributed by atoms with Crippen LogP contribution >= 0.6 is 11.6 Å². The second-order valence-electron chi connectivity index (χ2n) is 8.89. The van der Waals surface area contributed by atoms with Crippen molar-refractivity contribution in [3.8, 4) is 5.69 Å². The summed E-state index contributed by atoms with van der Waals surface area (Å²) in [7, 11) is 0. The minimum atomic E-state index is -0.549. The molecule has 4 bridgehead atoms. The molecule has 1 amide bonds. The zero-order valence-corrected chi connectivity index (χ0v) is 15.8. The van der Waals surface area contributed by atoms with Gasteiger partial charge in [0.05, 0.1) is 16.3 Å². The summed E-state index contributed by atoms with van der Waals surface area (Å²) in [6.07, 6.45) is 9.37. The monoisotopic (exact) mass is 386 g/mol. The minimum Gasteiger partial charge on any atom is -0.390 e. The number of carbonyl (C=O) groups is 1. The lowest BCUT2D eigenvalue weighted by molar-refractivity contribution is -0.167. The summed E-state index contributed by atoms with van der Waals surface area (Å²) in [5.74, 6) is 1.12. The van der Waals surface area contributed by atoms with Gasteiger partial charge in [-0.1, -0.05) is 17.7 Å². The van der Waals surface area contributed by atoms with Crippen LogP contribution in [0, 0.1) is 17.3 Å². The van der Waals surface area contributed by atoms with Gasteiger partial charge in [-0.05, 0) is 67.9 Å². The van der Waals surface area contributed by atoms with Crippen LogP contribution in [0.25, 0.3) is 5.69 Å². The van der Waals surface area contributed by atoms with Crippen LogP contribution in [0.1, 0.15) is 44.9 Å². The van der Waals surface area contributed by atoms with E-state index in [1.165, 1.54) is 12.7 Å². The maximum absolute atomic E-state index is 13.0. The SMILES string of the molecule is O=C(CC12C[C@H]3C[C@@H](CC(O)(C3)C1)C2)Nc1cccc(Cl)c1-n1cncn1. The number of rotatable bonds is 4. The average Bonchev–Trinajstić information content (AvgIpc) is 3.05. The fraction of sp³-hybridized carbons (Fsp3) is 0.550. The summed E-state index contributed by atoms with van der Waals surface area (Å²) in [6.45, 7) is 0. The highest BCUT2D eigenvalue weighted by Crippen LogP contribution is 2.62. The van der Waals surface area contributed by atoms with Gasteiger partial charge in [0.25, 0.3) is 0 Å². The van der Waals surface area contributed by atoms with Crippen molar-refractivity contribution < 1.29 is 9.90 Å². The number of hydrogen-bond acceptors (Lipinski definition) is 4. The lowest BCUT2D eigenvalue weighted by Crippen LogP contribution is -2.56. The van der Waals surface area contributed by atoms with Gasteiger partial charge in [0, 0.05) is 6.42 Å². The lowest BCUT2D eigenvalue weighted by atomic mass is 9.47. The van der Waals surface area contributed by atoms with Crippen LogP contribution in [0.15, 0.2) is 30.9 Å². The molecule has 4 saturated carbocycles. The van der Waals surface area contributed by atoms with Gasteiger partial charge in [-0.2, -0.15) is 5.10 Å². The van der Waals surface area contributed by atoms with Gasteiger partial charge < -0.3 is 10.4 Å². The number of halogens is 1. The maximum atomic E-state index is 13.0. The first-order valence-corrected chi connectivity index (χ1v) is 9.97. The van der Waals surface area contributed by atoms with Crippen LogP contribution < -0.4 is 5.32 Å². The first kappa shape index (κ1) is 17.2. The zero-order valence-electron chi connectivity index (χ0n) is 15.1. The number of amides is 1. The van der Waals surface area contributed by atoms with E-state index in [0.29, 0.717) is 34.7 Å². The Morgan fingerprint density at radius 2 is 2.07 bits per heavy atom. The summed E-state index contributed by atoms with van der Waals surface area (Å²) in [5.41, 5.74) is 0.636. The van der Waals surface area contributed by atoms with Gasteiger partial charge in [-0.3, -0.25) is 4.79 Å². The molecule has 0 unspecified atom stereocenters. The van der Waals surface area contributed by atoms with E-state index < -0.39 is 5.60 Å². The number of para-hydroxylation sites is 1. The molecule has 27 heavy (non-hydrogen) atoms. The van der Waals surface area contributed by atoms with Crippen molar-refractivity contribution in [2.45, 2.75) is 50.5 Å². The molecule has 4 aliphatic rings. The quantitative estimate of drug-likeness (QED) is 0.841. The molecular weight excluding hydrogens is 364 g/mol. The Hall–Kier alpha value is -1.92. The van der Waals surface area contributed by atoms with E-state index in [0.717, 1.165) is 32.1 Å². The molecule has 0 aliphatic heterocycles. The molecular formula is C20H23ClN4O2. The second-order valence-corrected chi connectivity index (χ2v) is 9.29. The molecule has 6 nitrogen and oxygen atoms in total. The van der Waals surface area contributed by atoms with E-state index in [4.69, 9.17) is 11.6 Å². The summed E-state index contributed by atoms with van der Waals surface area (Å²) in [6, 6.07) is 5.41. The average molecular weight is 387 g/mol. The molecule has 4 aliphatic carbocycles. The molecule has 6 rings (SSSR count). The summed E-state index contributed by atoms with van der Waals surface area (Å²) < 4.78 is 1.56. The van der Waals surface area contributed by atoms with Crippen LogP contribution in [-0.4, -0.2) is 31.4 Å². The molecule has 2 atom stereocenters. The van der Waals surface area contributed by atoms with Gasteiger partial charge in [0.2, 0.25) is 5.91 Å². The van der Waals surface area contributed by atoms with Crippen LogP contribution in [0.5, 0.6) is 0 Å². The van der Waals surface area contributed by atoms with Crippen molar-refractivity contribution in [2.75, 3.05) is 5.32 Å². The fourth-order valence-electron chi connectivity index (χ4n) is 6.32. The minimum absolute atomic E-state index is 0.0239. The molecule has 7 heteroatoms. The number of aliphatic hydroxyl groups is 1. The Morgan fingerprint density at radius 3 is 2.74 bits per heavy atom. The van der Waals surface area contributed by atoms with Crippen LogP contribution in [0.4, 0.5) is 5.69 Å². The third-order valence-corrected chi connectivity index (χ3v) is 6.90. The predicted molar refractivity (Wildman–Crippen MR) is 102 cm³/mol. The van der Waals surface area contributed by atoms with E-state index in [9.17, 15) is 9.90 Å². The van der Waals surface area contributed by atoms with E-state index in [1.54, 1.807) is 17.1 Å². The maximum Gasteiger partial charge on any atom is 0.224 e. The van der Waals surface area contributed by atoms with Gasteiger partial charge in [-0.15, -0.1) is 0 Å². The third kappa shape index (κ3) is 3.05. The number of nitrogens with one attached hydrogen (secondary N) is 1. The van der Waals surface area contributed by atoms with Gasteiger partial charge in [0.15, 0.2) is 0 Å². The molecule has 2 aromatic rings. The van der Waals surface area contributed by atoms with Gasteiger partial charge in [0.1, 0.15) is 18.3 Å². The Bertz CT molecular complexity index is 868. The zero-order chi connectivity index (χ0) is 18.6. The highest BCUT2D eigenvalue weighted by molar-refractivity contribution is 6.33. The predicted octanol–water partition coefficient (Wildman–Crippen LogP) is 3.58. The van der Waals surface area contributed by atoms with Crippen LogP contribution in [0.3, 0.4) is 0 Å². The molecule has 0 radical (unpaired) electrons. The number of anilines is 1. The highest BCUT2D eigenvalue weighted by Gasteiger charge is 2.57. The standard InChI is InChI=1S/C20H23ClN4O2/c21-15-2-1-3-16(18(15)25-12-22-11-23-25)24-17(26)9-19-5-13-4-14(6-19)8-20(27,7-13)10-19/h1-3,11-14,27H,4-10H2,(H,24,26)/t13-,14-,19?,20?/m1/s1. The molecule has 1 aromatic heterocycles. The molecule has 2 N–H and O–H groups in total. The Balaban J connectivity index is 1.37. The number of nitrogens with zero attached hydrogens (tertiary/aromatic N) is 3. The second kappa shape index (κ2) is 6.04. The number of benzene rings is 1. The van der Waals surface area contributed by atoms with Crippen molar-refractivity contribution in [3.05, 3.63) is 35.9 Å². The van der Waals surface area contributed by atoms with Crippen LogP contribution in [-0.2, 0) is 4.79 Å². The highest BCUT2D eigenvalue weighted by atomic mass is 35.5. The third-order valence-electron chi connectivity index (χ3n) is 6.60. The Morgan fingerprint density at radius 1 is 1.30 bits per heavy atom. The summed E-state index contributed by atoms with van der Waals surface area (Å²) in [4.78, 5) is 16.9. The number of aromatic nitrogens is 3. The van der Waals surface area contributed by atoms with Crippen molar-refractivity contribution in [1.29, 1.82) is 0 Å². The van der Waals surface area contributed by atoms with Gasteiger partial charge in [-0.25, -0.2) is 9.67 Å². The van der Waals surface area contributed by atoms with E-state index in [2.05, 4.69) is 15.4 Å². The van der Waals surface area contributed by atoms with Crippen molar-refractivity contribution in [1.82, 2.24) is 14.8 Å². The first-order valence-electron chi connectivity index (χ1n) is 9.60. The molecule has 1 aromatic carbocycles. The smallest absolute Gasteiger partial charge is 0.224 e. The lowest BCUT2D eigenvalue weighted by Gasteiger charge is -2.60. The molecule has 1 heterocycles. The number of hydrogen-bond donors (Lipinski definition) is 2. The summed E-state index contributed by atoms with van der Waals surface area (Å²) in [5, 5.41) is 18.6. The van der Waals surface area contributed by atoms with E-state index >= 15 is 0 Å². The first-order chi connectivity index (χ1) is 12.9. The molecule has 4 fully saturated rings. The van der Waals surface area contributed by atoms with Crippen LogP contribution in [0.2, 0.25) is 5.02 Å². The topological polar surface area (TPSA) is 80.0 Å². The van der Waals surface area contributed by atoms with Crippen molar-refractivity contribution in [3.63, 3.8) is 0 Å². The van der Waals surface area contributed by atoms with Crippen molar-refractivity contribution >= 4 is 23.2 Å². The normalized spacial score (nSPS) is 34.0. The Kier molecular flexibility index (Phi) is 3.85. The summed E-state index contributed by atoms with van der Waals surface area (Å²) >= 11 is 6.35. The van der Waals surface area contributed by atoms with Crippen molar-refractivity contribution in [2.24, 2.45) is 17.3 Å². The molecule has 0 saturated heterocycles. The Labute approximate surface area is 162 Å². The van der Waals surface area contributed by atoms with E-state index in [-0.39, 0.29) is 11.3 Å².